The van der Waals surface area contributed by atoms with Crippen molar-refractivity contribution < 1.29 is 14.3 Å². The number of carbonyl (C=O) groups excluding carboxylic acids is 2. The molecule has 2 aliphatic heterocycles. The van der Waals surface area contributed by atoms with Crippen LogP contribution in [0.4, 0.5) is 0 Å². The van der Waals surface area contributed by atoms with E-state index in [1.54, 1.807) is 17.2 Å². The number of carbonyl (C=O) groups is 2. The van der Waals surface area contributed by atoms with Gasteiger partial charge in [0.25, 0.3) is 0 Å². The number of imidazole rings is 1. The molecule has 0 radical (unpaired) electrons. The van der Waals surface area contributed by atoms with Crippen molar-refractivity contribution in [1.29, 1.82) is 0 Å². The molecule has 0 spiro atoms. The van der Waals surface area contributed by atoms with Gasteiger partial charge in [0, 0.05) is 32.6 Å². The molecule has 1 saturated heterocycles. The zero-order valence-corrected chi connectivity index (χ0v) is 13.6. The third kappa shape index (κ3) is 3.35. The molecule has 0 aromatic carbocycles. The Bertz CT molecular complexity index is 637. The molecular weight excluding hydrogens is 296 g/mol. The standard InChI is InChI=1S/C16H22N4O3/c1-12(21)14-9-17-15-10-19(5-6-20(14)15)16(22)4-3-13-11-23-8-7-18(13)2/h3-4,9,13H,5-8,10-11H2,1-2H3/b4-3+. The highest BCUT2D eigenvalue weighted by atomic mass is 16.5. The van der Waals surface area contributed by atoms with Gasteiger partial charge in [-0.3, -0.25) is 14.5 Å². The number of likely N-dealkylation sites (N-methyl/N-ethyl adjacent to an activating group) is 1. The summed E-state index contributed by atoms with van der Waals surface area (Å²) in [6.45, 7) is 5.40. The van der Waals surface area contributed by atoms with Gasteiger partial charge in [-0.15, -0.1) is 0 Å². The van der Waals surface area contributed by atoms with Gasteiger partial charge in [0.1, 0.15) is 11.5 Å². The minimum absolute atomic E-state index is 0.00348. The van der Waals surface area contributed by atoms with Gasteiger partial charge in [0.15, 0.2) is 5.78 Å². The van der Waals surface area contributed by atoms with E-state index in [0.717, 1.165) is 19.0 Å². The van der Waals surface area contributed by atoms with E-state index in [0.29, 0.717) is 31.9 Å². The fourth-order valence-corrected chi connectivity index (χ4v) is 2.94. The molecule has 0 saturated carbocycles. The van der Waals surface area contributed by atoms with E-state index >= 15 is 0 Å². The fraction of sp³-hybridized carbons (Fsp3) is 0.562. The molecule has 23 heavy (non-hydrogen) atoms. The highest BCUT2D eigenvalue weighted by Crippen LogP contribution is 2.15. The highest BCUT2D eigenvalue weighted by Gasteiger charge is 2.24. The smallest absolute Gasteiger partial charge is 0.246 e. The minimum Gasteiger partial charge on any atom is -0.378 e. The molecule has 0 bridgehead atoms. The van der Waals surface area contributed by atoms with Gasteiger partial charge in [-0.2, -0.15) is 0 Å². The number of rotatable bonds is 3. The molecule has 7 heteroatoms. The summed E-state index contributed by atoms with van der Waals surface area (Å²) in [5.41, 5.74) is 0.614. The van der Waals surface area contributed by atoms with Crippen LogP contribution in [0.25, 0.3) is 0 Å². The lowest BCUT2D eigenvalue weighted by Crippen LogP contribution is -2.42. The Labute approximate surface area is 135 Å². The zero-order chi connectivity index (χ0) is 16.4. The molecule has 1 fully saturated rings. The van der Waals surface area contributed by atoms with Crippen LogP contribution in [0.5, 0.6) is 0 Å². The maximum absolute atomic E-state index is 12.4. The summed E-state index contributed by atoms with van der Waals surface area (Å²) in [7, 11) is 2.03. The summed E-state index contributed by atoms with van der Waals surface area (Å²) in [5.74, 6) is 0.743. The number of hydrogen-bond acceptors (Lipinski definition) is 5. The van der Waals surface area contributed by atoms with Gasteiger partial charge < -0.3 is 14.2 Å². The SMILES string of the molecule is CC(=O)c1cnc2n1CCN(C(=O)/C=C/C1COCCN1C)C2. The molecule has 3 rings (SSSR count). The van der Waals surface area contributed by atoms with Gasteiger partial charge in [0.2, 0.25) is 5.91 Å². The first kappa shape index (κ1) is 15.9. The third-order valence-electron chi connectivity index (χ3n) is 4.44. The molecule has 3 heterocycles. The van der Waals surface area contributed by atoms with Gasteiger partial charge >= 0.3 is 0 Å². The Morgan fingerprint density at radius 2 is 2.17 bits per heavy atom. The number of ketones is 1. The van der Waals surface area contributed by atoms with Crippen molar-refractivity contribution in [3.63, 3.8) is 0 Å². The first-order valence-corrected chi connectivity index (χ1v) is 7.86. The molecule has 1 unspecified atom stereocenters. The largest absolute Gasteiger partial charge is 0.378 e. The quantitative estimate of drug-likeness (QED) is 0.593. The molecule has 1 aromatic rings. The summed E-state index contributed by atoms with van der Waals surface area (Å²) >= 11 is 0. The second-order valence-electron chi connectivity index (χ2n) is 6.01. The van der Waals surface area contributed by atoms with Gasteiger partial charge in [-0.05, 0) is 7.05 Å². The second kappa shape index (κ2) is 6.64. The average molecular weight is 318 g/mol. The maximum atomic E-state index is 12.4. The van der Waals surface area contributed by atoms with Crippen molar-refractivity contribution in [2.45, 2.75) is 26.1 Å². The number of amides is 1. The van der Waals surface area contributed by atoms with Crippen molar-refractivity contribution >= 4 is 11.7 Å². The topological polar surface area (TPSA) is 67.7 Å². The van der Waals surface area contributed by atoms with Crippen LogP contribution >= 0.6 is 0 Å². The monoisotopic (exact) mass is 318 g/mol. The van der Waals surface area contributed by atoms with E-state index in [9.17, 15) is 9.59 Å². The number of fused-ring (bicyclic) bond motifs is 1. The molecular formula is C16H22N4O3. The van der Waals surface area contributed by atoms with E-state index in [2.05, 4.69) is 9.88 Å². The molecule has 0 aliphatic carbocycles. The molecule has 2 aliphatic rings. The van der Waals surface area contributed by atoms with Crippen molar-refractivity contribution in [2.24, 2.45) is 0 Å². The molecule has 0 N–H and O–H groups in total. The van der Waals surface area contributed by atoms with E-state index < -0.39 is 0 Å². The van der Waals surface area contributed by atoms with Gasteiger partial charge in [0.05, 0.1) is 32.0 Å². The Hall–Kier alpha value is -1.99. The molecule has 1 atom stereocenters. The number of aromatic nitrogens is 2. The minimum atomic E-state index is -0.0254. The fourth-order valence-electron chi connectivity index (χ4n) is 2.94. The zero-order valence-electron chi connectivity index (χ0n) is 13.6. The molecule has 1 amide bonds. The van der Waals surface area contributed by atoms with Crippen LogP contribution in [0.2, 0.25) is 0 Å². The van der Waals surface area contributed by atoms with Crippen LogP contribution < -0.4 is 0 Å². The Balaban J connectivity index is 1.64. The predicted molar refractivity (Wildman–Crippen MR) is 84.0 cm³/mol. The van der Waals surface area contributed by atoms with Crippen LogP contribution in [-0.2, 0) is 22.6 Å². The van der Waals surface area contributed by atoms with Gasteiger partial charge in [-0.1, -0.05) is 6.08 Å². The van der Waals surface area contributed by atoms with Crippen LogP contribution in [0.15, 0.2) is 18.3 Å². The van der Waals surface area contributed by atoms with Crippen LogP contribution in [0.1, 0.15) is 23.2 Å². The molecule has 124 valence electrons. The molecule has 1 aromatic heterocycles. The van der Waals surface area contributed by atoms with Gasteiger partial charge in [-0.25, -0.2) is 4.98 Å². The first-order chi connectivity index (χ1) is 11.1. The lowest BCUT2D eigenvalue weighted by atomic mass is 10.2. The van der Waals surface area contributed by atoms with E-state index in [4.69, 9.17) is 4.74 Å². The highest BCUT2D eigenvalue weighted by molar-refractivity contribution is 5.92. The van der Waals surface area contributed by atoms with E-state index in [1.807, 2.05) is 17.7 Å². The van der Waals surface area contributed by atoms with E-state index in [1.165, 1.54) is 6.92 Å². The number of morpholine rings is 1. The second-order valence-corrected chi connectivity index (χ2v) is 6.01. The van der Waals surface area contributed by atoms with Crippen molar-refractivity contribution in [1.82, 2.24) is 19.4 Å². The predicted octanol–water partition coefficient (Wildman–Crippen LogP) is 0.315. The van der Waals surface area contributed by atoms with Crippen LogP contribution in [-0.4, -0.2) is 70.4 Å². The van der Waals surface area contributed by atoms with E-state index in [-0.39, 0.29) is 17.7 Å². The lowest BCUT2D eigenvalue weighted by Gasteiger charge is -2.30. The van der Waals surface area contributed by atoms with Crippen LogP contribution in [0.3, 0.4) is 0 Å². The number of ether oxygens (including phenoxy) is 1. The first-order valence-electron chi connectivity index (χ1n) is 7.86. The average Bonchev–Trinajstić information content (AvgIpc) is 2.97. The summed E-state index contributed by atoms with van der Waals surface area (Å²) < 4.78 is 7.34. The summed E-state index contributed by atoms with van der Waals surface area (Å²) in [6.07, 6.45) is 5.12. The van der Waals surface area contributed by atoms with Crippen LogP contribution in [0, 0.1) is 0 Å². The lowest BCUT2D eigenvalue weighted by molar-refractivity contribution is -0.127. The summed E-state index contributed by atoms with van der Waals surface area (Å²) in [4.78, 5) is 32.1. The van der Waals surface area contributed by atoms with Crippen molar-refractivity contribution in [2.75, 3.05) is 33.4 Å². The Morgan fingerprint density at radius 3 is 2.91 bits per heavy atom. The summed E-state index contributed by atoms with van der Waals surface area (Å²) in [5, 5.41) is 0. The number of Topliss-reactive ketones (excluding diaryl/α,β-unsaturated/α-hetero) is 1. The third-order valence-corrected chi connectivity index (χ3v) is 4.44. The van der Waals surface area contributed by atoms with Crippen molar-refractivity contribution in [3.05, 3.63) is 29.9 Å². The summed E-state index contributed by atoms with van der Waals surface area (Å²) in [6, 6.07) is 0.142. The maximum Gasteiger partial charge on any atom is 0.246 e. The van der Waals surface area contributed by atoms with Crippen molar-refractivity contribution in [3.8, 4) is 0 Å². The number of hydrogen-bond donors (Lipinski definition) is 0. The Kier molecular flexibility index (Phi) is 4.58. The Morgan fingerprint density at radius 1 is 1.35 bits per heavy atom. The molecule has 7 nitrogen and oxygen atoms in total. The normalized spacial score (nSPS) is 22.3. The number of nitrogens with zero attached hydrogens (tertiary/aromatic N) is 4.